The molecule has 1 aromatic rings. The van der Waals surface area contributed by atoms with E-state index in [1.165, 1.54) is 19.1 Å². The highest BCUT2D eigenvalue weighted by Gasteiger charge is 2.17. The van der Waals surface area contributed by atoms with E-state index >= 15 is 0 Å². The lowest BCUT2D eigenvalue weighted by molar-refractivity contribution is -0.384. The second-order valence-electron chi connectivity index (χ2n) is 3.65. The number of amides is 1. The van der Waals surface area contributed by atoms with Gasteiger partial charge in [-0.15, -0.1) is 0 Å². The third-order valence-corrected chi connectivity index (χ3v) is 2.12. The van der Waals surface area contributed by atoms with Gasteiger partial charge in [0.25, 0.3) is 5.69 Å². The minimum absolute atomic E-state index is 0.142. The van der Waals surface area contributed by atoms with Gasteiger partial charge in [0.2, 0.25) is 5.91 Å². The maximum atomic E-state index is 11.4. The first-order valence-electron chi connectivity index (χ1n) is 4.95. The summed E-state index contributed by atoms with van der Waals surface area (Å²) in [6, 6.07) is 4.49. The summed E-state index contributed by atoms with van der Waals surface area (Å²) in [5, 5.41) is 13.2. The minimum atomic E-state index is -0.573. The Morgan fingerprint density at radius 2 is 2.06 bits per heavy atom. The van der Waals surface area contributed by atoms with Gasteiger partial charge in [-0.1, -0.05) is 12.1 Å². The van der Waals surface area contributed by atoms with E-state index in [2.05, 4.69) is 5.32 Å². The molecule has 0 fully saturated rings. The largest absolute Gasteiger partial charge is 0.320 e. The predicted molar refractivity (Wildman–Crippen MR) is 61.8 cm³/mol. The smallest absolute Gasteiger partial charge is 0.293 e. The second kappa shape index (κ2) is 5.20. The highest BCUT2D eigenvalue weighted by molar-refractivity contribution is 6.04. The summed E-state index contributed by atoms with van der Waals surface area (Å²) in [6.07, 6.45) is -0.286. The first-order valence-corrected chi connectivity index (χ1v) is 4.95. The van der Waals surface area contributed by atoms with Crippen molar-refractivity contribution in [2.45, 2.75) is 20.3 Å². The monoisotopic (exact) mass is 236 g/mol. The normalized spacial score (nSPS) is 9.76. The molecule has 1 amide bonds. The molecule has 0 spiro atoms. The zero-order chi connectivity index (χ0) is 13.0. The summed E-state index contributed by atoms with van der Waals surface area (Å²) in [4.78, 5) is 32.3. The number of para-hydroxylation sites is 1. The third kappa shape index (κ3) is 3.37. The van der Waals surface area contributed by atoms with Crippen LogP contribution in [0, 0.1) is 17.0 Å². The van der Waals surface area contributed by atoms with Crippen LogP contribution in [0.4, 0.5) is 11.4 Å². The SMILES string of the molecule is CC(=O)CC(=O)Nc1c(C)cccc1[N+](=O)[O-]. The molecule has 1 N–H and O–H groups in total. The van der Waals surface area contributed by atoms with Crippen molar-refractivity contribution in [3.63, 3.8) is 0 Å². The zero-order valence-electron chi connectivity index (χ0n) is 9.52. The average Bonchev–Trinajstić information content (AvgIpc) is 2.19. The van der Waals surface area contributed by atoms with Crippen LogP contribution in [0.2, 0.25) is 0 Å². The number of anilines is 1. The van der Waals surface area contributed by atoms with Crippen LogP contribution in [0.3, 0.4) is 0 Å². The molecule has 0 atom stereocenters. The van der Waals surface area contributed by atoms with Crippen molar-refractivity contribution in [3.05, 3.63) is 33.9 Å². The van der Waals surface area contributed by atoms with Crippen LogP contribution in [-0.4, -0.2) is 16.6 Å². The number of carbonyl (C=O) groups is 2. The van der Waals surface area contributed by atoms with Gasteiger partial charge in [0, 0.05) is 6.07 Å². The Balaban J connectivity index is 3.01. The number of hydrogen-bond acceptors (Lipinski definition) is 4. The van der Waals surface area contributed by atoms with Crippen LogP contribution in [0.25, 0.3) is 0 Å². The van der Waals surface area contributed by atoms with Gasteiger partial charge in [-0.3, -0.25) is 19.7 Å². The molecule has 6 nitrogen and oxygen atoms in total. The van der Waals surface area contributed by atoms with E-state index in [1.54, 1.807) is 13.0 Å². The summed E-state index contributed by atoms with van der Waals surface area (Å²) in [5.74, 6) is -0.839. The van der Waals surface area contributed by atoms with Gasteiger partial charge < -0.3 is 5.32 Å². The highest BCUT2D eigenvalue weighted by Crippen LogP contribution is 2.27. The molecule has 0 aromatic heterocycles. The lowest BCUT2D eigenvalue weighted by Gasteiger charge is -2.07. The molecular weight excluding hydrogens is 224 g/mol. The molecule has 0 aliphatic heterocycles. The number of benzene rings is 1. The van der Waals surface area contributed by atoms with Crippen LogP contribution in [0.5, 0.6) is 0 Å². The lowest BCUT2D eigenvalue weighted by atomic mass is 10.1. The van der Waals surface area contributed by atoms with Gasteiger partial charge in [0.05, 0.1) is 11.3 Å². The molecule has 0 heterocycles. The number of ketones is 1. The number of aryl methyl sites for hydroxylation is 1. The first kappa shape index (κ1) is 12.8. The van der Waals surface area contributed by atoms with E-state index < -0.39 is 10.8 Å². The van der Waals surface area contributed by atoms with Crippen molar-refractivity contribution in [2.24, 2.45) is 0 Å². The molecule has 0 unspecified atom stereocenters. The maximum absolute atomic E-state index is 11.4. The van der Waals surface area contributed by atoms with Gasteiger partial charge in [-0.05, 0) is 19.4 Å². The van der Waals surface area contributed by atoms with E-state index in [0.29, 0.717) is 5.56 Å². The molecule has 6 heteroatoms. The van der Waals surface area contributed by atoms with E-state index in [4.69, 9.17) is 0 Å². The fourth-order valence-electron chi connectivity index (χ4n) is 1.38. The maximum Gasteiger partial charge on any atom is 0.293 e. The molecule has 0 radical (unpaired) electrons. The molecule has 0 aliphatic carbocycles. The van der Waals surface area contributed by atoms with Crippen molar-refractivity contribution >= 4 is 23.1 Å². The minimum Gasteiger partial charge on any atom is -0.320 e. The van der Waals surface area contributed by atoms with E-state index in [1.807, 2.05) is 0 Å². The van der Waals surface area contributed by atoms with Gasteiger partial charge >= 0.3 is 0 Å². The number of nitro groups is 1. The number of nitrogens with zero attached hydrogens (tertiary/aromatic N) is 1. The first-order chi connectivity index (χ1) is 7.91. The second-order valence-corrected chi connectivity index (χ2v) is 3.65. The predicted octanol–water partition coefficient (Wildman–Crippen LogP) is 1.82. The topological polar surface area (TPSA) is 89.3 Å². The van der Waals surface area contributed by atoms with Gasteiger partial charge in [0.1, 0.15) is 11.5 Å². The Hall–Kier alpha value is -2.24. The fourth-order valence-corrected chi connectivity index (χ4v) is 1.38. The van der Waals surface area contributed by atoms with Crippen molar-refractivity contribution in [2.75, 3.05) is 5.32 Å². The average molecular weight is 236 g/mol. The Kier molecular flexibility index (Phi) is 3.92. The van der Waals surface area contributed by atoms with Crippen LogP contribution in [-0.2, 0) is 9.59 Å². The number of rotatable bonds is 4. The quantitative estimate of drug-likeness (QED) is 0.490. The van der Waals surface area contributed by atoms with Crippen LogP contribution in [0.1, 0.15) is 18.9 Å². The van der Waals surface area contributed by atoms with Crippen molar-refractivity contribution in [1.29, 1.82) is 0 Å². The van der Waals surface area contributed by atoms with Gasteiger partial charge in [-0.2, -0.15) is 0 Å². The Labute approximate surface area is 97.8 Å². The molecule has 1 aromatic carbocycles. The van der Waals surface area contributed by atoms with Crippen molar-refractivity contribution in [3.8, 4) is 0 Å². The molecule has 0 bridgehead atoms. The van der Waals surface area contributed by atoms with Crippen molar-refractivity contribution < 1.29 is 14.5 Å². The van der Waals surface area contributed by atoms with E-state index in [-0.39, 0.29) is 23.6 Å². The van der Waals surface area contributed by atoms with Gasteiger partial charge in [-0.25, -0.2) is 0 Å². The number of Topliss-reactive ketones (excluding diaryl/α,β-unsaturated/α-hetero) is 1. The highest BCUT2D eigenvalue weighted by atomic mass is 16.6. The summed E-state index contributed by atoms with van der Waals surface area (Å²) >= 11 is 0. The molecule has 0 saturated heterocycles. The molecule has 0 aliphatic rings. The molecule has 0 saturated carbocycles. The lowest BCUT2D eigenvalue weighted by Crippen LogP contribution is -2.16. The summed E-state index contributed by atoms with van der Waals surface area (Å²) in [6.45, 7) is 2.93. The fraction of sp³-hybridized carbons (Fsp3) is 0.273. The molecular formula is C11H12N2O4. The van der Waals surface area contributed by atoms with Crippen LogP contribution >= 0.6 is 0 Å². The molecule has 1 rings (SSSR count). The summed E-state index contributed by atoms with van der Waals surface area (Å²) in [7, 11) is 0. The number of nitrogens with one attached hydrogen (secondary N) is 1. The molecule has 90 valence electrons. The number of hydrogen-bond donors (Lipinski definition) is 1. The van der Waals surface area contributed by atoms with Gasteiger partial charge in [0.15, 0.2) is 0 Å². The van der Waals surface area contributed by atoms with Crippen molar-refractivity contribution in [1.82, 2.24) is 0 Å². The number of carbonyl (C=O) groups excluding carboxylic acids is 2. The molecule has 17 heavy (non-hydrogen) atoms. The third-order valence-electron chi connectivity index (χ3n) is 2.12. The summed E-state index contributed by atoms with van der Waals surface area (Å²) in [5.41, 5.74) is 0.543. The Morgan fingerprint density at radius 1 is 1.41 bits per heavy atom. The Morgan fingerprint density at radius 3 is 2.59 bits per heavy atom. The van der Waals surface area contributed by atoms with Crippen LogP contribution < -0.4 is 5.32 Å². The Bertz CT molecular complexity index is 482. The van der Waals surface area contributed by atoms with E-state index in [0.717, 1.165) is 0 Å². The number of nitro benzene ring substituents is 1. The van der Waals surface area contributed by atoms with E-state index in [9.17, 15) is 19.7 Å². The standard InChI is InChI=1S/C11H12N2O4/c1-7-4-3-5-9(13(16)17)11(7)12-10(15)6-8(2)14/h3-5H,6H2,1-2H3,(H,12,15). The summed E-state index contributed by atoms with van der Waals surface area (Å²) < 4.78 is 0. The zero-order valence-corrected chi connectivity index (χ0v) is 9.52. The van der Waals surface area contributed by atoms with Crippen LogP contribution in [0.15, 0.2) is 18.2 Å².